The summed E-state index contributed by atoms with van der Waals surface area (Å²) in [4.78, 5) is 29.7. The van der Waals surface area contributed by atoms with E-state index in [1.807, 2.05) is 12.1 Å². The molecule has 29 heavy (non-hydrogen) atoms. The van der Waals surface area contributed by atoms with E-state index in [9.17, 15) is 14.7 Å². The van der Waals surface area contributed by atoms with E-state index in [0.717, 1.165) is 31.4 Å². The third-order valence-corrected chi connectivity index (χ3v) is 5.05. The van der Waals surface area contributed by atoms with E-state index in [1.165, 1.54) is 4.90 Å². The fourth-order valence-corrected chi connectivity index (χ4v) is 3.72. The molecule has 8 heteroatoms. The van der Waals surface area contributed by atoms with Crippen LogP contribution in [0.4, 0.5) is 5.69 Å². The summed E-state index contributed by atoms with van der Waals surface area (Å²) in [5, 5.41) is 12.8. The number of carboxylic acid groups (broad SMARTS) is 1. The molecule has 0 atom stereocenters. The number of anilines is 1. The van der Waals surface area contributed by atoms with Gasteiger partial charge in [-0.1, -0.05) is 24.4 Å². The van der Waals surface area contributed by atoms with Gasteiger partial charge in [0.05, 0.1) is 0 Å². The van der Waals surface area contributed by atoms with E-state index in [1.54, 1.807) is 30.6 Å². The Bertz CT molecular complexity index is 841. The Morgan fingerprint density at radius 2 is 1.93 bits per heavy atom. The van der Waals surface area contributed by atoms with E-state index in [2.05, 4.69) is 10.3 Å². The highest BCUT2D eigenvalue weighted by atomic mass is 35.5. The topological polar surface area (TPSA) is 91.8 Å². The number of ether oxygens (including phenoxy) is 1. The Kier molecular flexibility index (Phi) is 7.30. The monoisotopic (exact) mass is 417 g/mol. The molecule has 2 N–H and O–H groups in total. The zero-order valence-electron chi connectivity index (χ0n) is 16.0. The third-order valence-electron chi connectivity index (χ3n) is 4.83. The average Bonchev–Trinajstić information content (AvgIpc) is 3.24. The van der Waals surface area contributed by atoms with Gasteiger partial charge in [-0.2, -0.15) is 0 Å². The van der Waals surface area contributed by atoms with Crippen molar-refractivity contribution in [1.29, 1.82) is 0 Å². The summed E-state index contributed by atoms with van der Waals surface area (Å²) in [5.74, 6) is -0.883. The number of carboxylic acids is 1. The quantitative estimate of drug-likeness (QED) is 0.604. The van der Waals surface area contributed by atoms with Crippen LogP contribution >= 0.6 is 11.6 Å². The lowest BCUT2D eigenvalue weighted by atomic mass is 10.1. The molecule has 1 aromatic heterocycles. The molecule has 1 amide bonds. The Morgan fingerprint density at radius 3 is 2.62 bits per heavy atom. The molecule has 7 nitrogen and oxygen atoms in total. The summed E-state index contributed by atoms with van der Waals surface area (Å²) < 4.78 is 5.74. The standard InChI is InChI=1S/C21H24ClN3O4/c22-16-11-15(21(28)25(14-20(26)27)18-3-1-2-4-18)12-19(13-16)29-10-9-24-17-5-7-23-8-6-17/h5-8,11-13,18H,1-4,9-10,14H2,(H,23,24)(H,26,27). The lowest BCUT2D eigenvalue weighted by molar-refractivity contribution is -0.138. The highest BCUT2D eigenvalue weighted by molar-refractivity contribution is 6.31. The van der Waals surface area contributed by atoms with Gasteiger partial charge in [0.2, 0.25) is 0 Å². The second-order valence-corrected chi connectivity index (χ2v) is 7.39. The van der Waals surface area contributed by atoms with Crippen molar-refractivity contribution in [2.45, 2.75) is 31.7 Å². The minimum Gasteiger partial charge on any atom is -0.492 e. The molecule has 1 saturated carbocycles. The van der Waals surface area contributed by atoms with Crippen molar-refractivity contribution in [3.05, 3.63) is 53.3 Å². The van der Waals surface area contributed by atoms with Crippen LogP contribution in [0.25, 0.3) is 0 Å². The van der Waals surface area contributed by atoms with Crippen LogP contribution in [-0.4, -0.2) is 52.6 Å². The smallest absolute Gasteiger partial charge is 0.323 e. The second-order valence-electron chi connectivity index (χ2n) is 6.95. The number of nitrogens with one attached hydrogen (secondary N) is 1. The molecule has 0 spiro atoms. The first-order chi connectivity index (χ1) is 14.0. The van der Waals surface area contributed by atoms with E-state index in [-0.39, 0.29) is 18.5 Å². The molecule has 1 aliphatic carbocycles. The van der Waals surface area contributed by atoms with Gasteiger partial charge >= 0.3 is 5.97 Å². The van der Waals surface area contributed by atoms with Crippen LogP contribution < -0.4 is 10.1 Å². The number of benzene rings is 1. The fourth-order valence-electron chi connectivity index (χ4n) is 3.50. The maximum Gasteiger partial charge on any atom is 0.323 e. The average molecular weight is 418 g/mol. The predicted molar refractivity (Wildman–Crippen MR) is 111 cm³/mol. The lowest BCUT2D eigenvalue weighted by Gasteiger charge is -2.27. The maximum absolute atomic E-state index is 13.0. The van der Waals surface area contributed by atoms with Crippen molar-refractivity contribution in [3.8, 4) is 5.75 Å². The second kappa shape index (κ2) is 10.1. The van der Waals surface area contributed by atoms with Crippen LogP contribution in [0, 0.1) is 0 Å². The van der Waals surface area contributed by atoms with Gasteiger partial charge in [0.15, 0.2) is 0 Å². The molecule has 0 unspecified atom stereocenters. The minimum absolute atomic E-state index is 0.0495. The molecular weight excluding hydrogens is 394 g/mol. The summed E-state index contributed by atoms with van der Waals surface area (Å²) >= 11 is 6.18. The van der Waals surface area contributed by atoms with Gasteiger partial charge in [-0.25, -0.2) is 0 Å². The maximum atomic E-state index is 13.0. The molecule has 1 aliphatic rings. The van der Waals surface area contributed by atoms with Gasteiger partial charge in [0.1, 0.15) is 18.9 Å². The summed E-state index contributed by atoms with van der Waals surface area (Å²) in [6.45, 7) is 0.618. The molecule has 0 radical (unpaired) electrons. The molecule has 0 bridgehead atoms. The van der Waals surface area contributed by atoms with E-state index in [0.29, 0.717) is 29.5 Å². The summed E-state index contributed by atoms with van der Waals surface area (Å²) in [6, 6.07) is 8.47. The Balaban J connectivity index is 1.64. The number of nitrogens with zero attached hydrogens (tertiary/aromatic N) is 2. The Labute approximate surface area is 174 Å². The number of carbonyl (C=O) groups is 2. The number of hydrogen-bond donors (Lipinski definition) is 2. The summed E-state index contributed by atoms with van der Waals surface area (Å²) in [5.41, 5.74) is 1.27. The SMILES string of the molecule is O=C(O)CN(C(=O)c1cc(Cl)cc(OCCNc2ccncc2)c1)C1CCCC1. The minimum atomic E-state index is -1.02. The first-order valence-corrected chi connectivity index (χ1v) is 10.0. The van der Waals surface area contributed by atoms with Crippen LogP contribution in [0.5, 0.6) is 5.75 Å². The lowest BCUT2D eigenvalue weighted by Crippen LogP contribution is -2.42. The largest absolute Gasteiger partial charge is 0.492 e. The molecule has 2 aromatic rings. The third kappa shape index (κ3) is 6.09. The number of aliphatic carboxylic acids is 1. The zero-order chi connectivity index (χ0) is 20.6. The van der Waals surface area contributed by atoms with Crippen molar-refractivity contribution < 1.29 is 19.4 Å². The molecule has 3 rings (SSSR count). The van der Waals surface area contributed by atoms with Crippen LogP contribution in [0.1, 0.15) is 36.0 Å². The number of hydrogen-bond acceptors (Lipinski definition) is 5. The van der Waals surface area contributed by atoms with E-state index < -0.39 is 5.97 Å². The van der Waals surface area contributed by atoms with Crippen LogP contribution in [0.3, 0.4) is 0 Å². The number of amides is 1. The Morgan fingerprint density at radius 1 is 1.21 bits per heavy atom. The number of halogens is 1. The van der Waals surface area contributed by atoms with Gasteiger partial charge in [-0.15, -0.1) is 0 Å². The number of rotatable bonds is 9. The highest BCUT2D eigenvalue weighted by Gasteiger charge is 2.29. The predicted octanol–water partition coefficient (Wildman–Crippen LogP) is 3.70. The van der Waals surface area contributed by atoms with Gasteiger partial charge < -0.3 is 20.1 Å². The van der Waals surface area contributed by atoms with E-state index in [4.69, 9.17) is 16.3 Å². The highest BCUT2D eigenvalue weighted by Crippen LogP contribution is 2.27. The van der Waals surface area contributed by atoms with Crippen molar-refractivity contribution in [1.82, 2.24) is 9.88 Å². The zero-order valence-corrected chi connectivity index (χ0v) is 16.8. The number of carbonyl (C=O) groups excluding carboxylic acids is 1. The van der Waals surface area contributed by atoms with Crippen molar-refractivity contribution in [2.24, 2.45) is 0 Å². The van der Waals surface area contributed by atoms with Gasteiger partial charge in [0.25, 0.3) is 5.91 Å². The molecule has 1 aromatic carbocycles. The van der Waals surface area contributed by atoms with Crippen molar-refractivity contribution >= 4 is 29.2 Å². The first kappa shape index (κ1) is 20.9. The summed E-state index contributed by atoms with van der Waals surface area (Å²) in [6.07, 6.45) is 7.05. The first-order valence-electron chi connectivity index (χ1n) is 9.63. The normalized spacial score (nSPS) is 13.8. The number of pyridine rings is 1. The molecule has 154 valence electrons. The molecular formula is C21H24ClN3O4. The van der Waals surface area contributed by atoms with Crippen molar-refractivity contribution in [3.63, 3.8) is 0 Å². The summed E-state index contributed by atoms with van der Waals surface area (Å²) in [7, 11) is 0. The number of aromatic nitrogens is 1. The van der Waals surface area contributed by atoms with Gasteiger partial charge in [-0.3, -0.25) is 14.6 Å². The molecule has 1 heterocycles. The van der Waals surface area contributed by atoms with E-state index >= 15 is 0 Å². The Hall–Kier alpha value is -2.80. The van der Waals surface area contributed by atoms with Gasteiger partial charge in [0, 0.05) is 41.3 Å². The van der Waals surface area contributed by atoms with Gasteiger partial charge in [-0.05, 0) is 43.2 Å². The van der Waals surface area contributed by atoms with Crippen LogP contribution in [0.15, 0.2) is 42.7 Å². The molecule has 1 fully saturated rings. The fraction of sp³-hybridized carbons (Fsp3) is 0.381. The van der Waals surface area contributed by atoms with Crippen LogP contribution in [-0.2, 0) is 4.79 Å². The van der Waals surface area contributed by atoms with Crippen molar-refractivity contribution in [2.75, 3.05) is 25.0 Å². The molecule has 0 saturated heterocycles. The van der Waals surface area contributed by atoms with Crippen LogP contribution in [0.2, 0.25) is 5.02 Å². The molecule has 0 aliphatic heterocycles.